The molecule has 1 aliphatic rings. The molecule has 0 saturated carbocycles. The Bertz CT molecular complexity index is 1130. The van der Waals surface area contributed by atoms with Gasteiger partial charge in [0.15, 0.2) is 5.84 Å². The lowest BCUT2D eigenvalue weighted by atomic mass is 10.1. The van der Waals surface area contributed by atoms with Gasteiger partial charge in [0.2, 0.25) is 0 Å². The van der Waals surface area contributed by atoms with E-state index >= 15 is 0 Å². The molecule has 0 atom stereocenters. The van der Waals surface area contributed by atoms with E-state index in [-0.39, 0.29) is 5.91 Å². The van der Waals surface area contributed by atoms with Gasteiger partial charge < -0.3 is 9.47 Å². The number of ether oxygens (including phenoxy) is 2. The highest BCUT2D eigenvalue weighted by molar-refractivity contribution is 6.33. The molecule has 3 aromatic carbocycles. The van der Waals surface area contributed by atoms with Crippen LogP contribution in [0.5, 0.6) is 11.5 Å². The molecule has 1 amide bonds. The summed E-state index contributed by atoms with van der Waals surface area (Å²) in [5.41, 5.74) is 3.90. The average Bonchev–Trinajstić information content (AvgIpc) is 3.11. The van der Waals surface area contributed by atoms with E-state index in [4.69, 9.17) is 14.5 Å². The number of hydrogen-bond donors (Lipinski definition) is 0. The van der Waals surface area contributed by atoms with E-state index in [1.807, 2.05) is 79.7 Å². The van der Waals surface area contributed by atoms with Crippen LogP contribution in [-0.4, -0.2) is 26.0 Å². The van der Waals surface area contributed by atoms with E-state index in [1.165, 1.54) is 0 Å². The zero-order valence-electron chi connectivity index (χ0n) is 17.1. The summed E-state index contributed by atoms with van der Waals surface area (Å²) in [5.74, 6) is 1.71. The summed E-state index contributed by atoms with van der Waals surface area (Å²) in [5, 5.41) is 0. The predicted octanol–water partition coefficient (Wildman–Crippen LogP) is 4.85. The molecular formula is C25H22N2O3. The number of benzene rings is 3. The van der Waals surface area contributed by atoms with Crippen molar-refractivity contribution in [2.75, 3.05) is 19.1 Å². The predicted molar refractivity (Wildman–Crippen MR) is 119 cm³/mol. The van der Waals surface area contributed by atoms with Gasteiger partial charge in [0.1, 0.15) is 17.2 Å². The van der Waals surface area contributed by atoms with Crippen LogP contribution in [-0.2, 0) is 4.79 Å². The van der Waals surface area contributed by atoms with Crippen molar-refractivity contribution >= 4 is 23.5 Å². The van der Waals surface area contributed by atoms with Crippen LogP contribution in [0.3, 0.4) is 0 Å². The van der Waals surface area contributed by atoms with Crippen molar-refractivity contribution in [2.24, 2.45) is 4.99 Å². The van der Waals surface area contributed by atoms with Gasteiger partial charge >= 0.3 is 0 Å². The topological polar surface area (TPSA) is 51.1 Å². The van der Waals surface area contributed by atoms with Gasteiger partial charge in [-0.3, -0.25) is 9.69 Å². The lowest BCUT2D eigenvalue weighted by Crippen LogP contribution is -2.32. The lowest BCUT2D eigenvalue weighted by molar-refractivity contribution is -0.113. The second-order valence-electron chi connectivity index (χ2n) is 6.91. The quantitative estimate of drug-likeness (QED) is 0.578. The Balaban J connectivity index is 1.83. The maximum atomic E-state index is 13.4. The van der Waals surface area contributed by atoms with Crippen LogP contribution in [0.1, 0.15) is 16.7 Å². The number of methoxy groups -OCH3 is 2. The van der Waals surface area contributed by atoms with Crippen molar-refractivity contribution < 1.29 is 14.3 Å². The number of hydrogen-bond acceptors (Lipinski definition) is 4. The highest BCUT2D eigenvalue weighted by Gasteiger charge is 2.33. The van der Waals surface area contributed by atoms with Crippen molar-refractivity contribution in [1.82, 2.24) is 0 Å². The maximum Gasteiger partial charge on any atom is 0.282 e. The van der Waals surface area contributed by atoms with Crippen LogP contribution in [0, 0.1) is 6.92 Å². The highest BCUT2D eigenvalue weighted by atomic mass is 16.5. The molecule has 3 aromatic rings. The van der Waals surface area contributed by atoms with Gasteiger partial charge in [-0.25, -0.2) is 4.99 Å². The summed E-state index contributed by atoms with van der Waals surface area (Å²) in [6.45, 7) is 2.03. The first-order valence-corrected chi connectivity index (χ1v) is 9.59. The van der Waals surface area contributed by atoms with Crippen molar-refractivity contribution in [2.45, 2.75) is 6.92 Å². The third kappa shape index (κ3) is 3.70. The summed E-state index contributed by atoms with van der Waals surface area (Å²) in [6, 6.07) is 22.9. The van der Waals surface area contributed by atoms with Crippen LogP contribution >= 0.6 is 0 Å². The van der Waals surface area contributed by atoms with Gasteiger partial charge in [-0.05, 0) is 55.0 Å². The third-order valence-electron chi connectivity index (χ3n) is 4.92. The summed E-state index contributed by atoms with van der Waals surface area (Å²) in [7, 11) is 3.22. The smallest absolute Gasteiger partial charge is 0.282 e. The SMILES string of the molecule is COc1ccc(N2C(=O)/C(=C\c3ccc(C)cc3)N=C2c2ccccc2OC)cc1. The molecule has 0 aromatic heterocycles. The largest absolute Gasteiger partial charge is 0.497 e. The number of carbonyl (C=O) groups excluding carboxylic acids is 1. The van der Waals surface area contributed by atoms with Gasteiger partial charge in [0, 0.05) is 0 Å². The Morgan fingerprint density at radius 3 is 2.23 bits per heavy atom. The molecule has 0 bridgehead atoms. The Morgan fingerprint density at radius 2 is 1.57 bits per heavy atom. The zero-order chi connectivity index (χ0) is 21.1. The van der Waals surface area contributed by atoms with Gasteiger partial charge in [-0.2, -0.15) is 0 Å². The van der Waals surface area contributed by atoms with E-state index in [0.29, 0.717) is 23.0 Å². The molecule has 0 unspecified atom stereocenters. The van der Waals surface area contributed by atoms with Crippen molar-refractivity contribution in [3.05, 3.63) is 95.2 Å². The Labute approximate surface area is 175 Å². The third-order valence-corrected chi connectivity index (χ3v) is 4.92. The fourth-order valence-electron chi connectivity index (χ4n) is 3.32. The first-order chi connectivity index (χ1) is 14.6. The Hall–Kier alpha value is -3.86. The molecule has 0 saturated heterocycles. The van der Waals surface area contributed by atoms with Crippen LogP contribution < -0.4 is 14.4 Å². The minimum atomic E-state index is -0.193. The molecule has 150 valence electrons. The molecule has 0 aliphatic carbocycles. The Kier molecular flexibility index (Phi) is 5.35. The summed E-state index contributed by atoms with van der Waals surface area (Å²) < 4.78 is 10.8. The number of amidine groups is 1. The zero-order valence-corrected chi connectivity index (χ0v) is 17.1. The molecule has 1 aliphatic heterocycles. The number of rotatable bonds is 5. The molecule has 30 heavy (non-hydrogen) atoms. The van der Waals surface area contributed by atoms with Crippen LogP contribution in [0.2, 0.25) is 0 Å². The van der Waals surface area contributed by atoms with Gasteiger partial charge in [-0.15, -0.1) is 0 Å². The number of anilines is 1. The number of aryl methyl sites for hydroxylation is 1. The second kappa shape index (κ2) is 8.25. The van der Waals surface area contributed by atoms with Crippen LogP contribution in [0.25, 0.3) is 6.08 Å². The fraction of sp³-hybridized carbons (Fsp3) is 0.120. The molecule has 0 fully saturated rings. The number of nitrogens with zero attached hydrogens (tertiary/aromatic N) is 2. The number of amides is 1. The molecule has 0 radical (unpaired) electrons. The molecule has 5 nitrogen and oxygen atoms in total. The van der Waals surface area contributed by atoms with Crippen molar-refractivity contribution in [3.63, 3.8) is 0 Å². The lowest BCUT2D eigenvalue weighted by Gasteiger charge is -2.20. The summed E-state index contributed by atoms with van der Waals surface area (Å²) in [4.78, 5) is 19.7. The molecule has 5 heteroatoms. The molecule has 1 heterocycles. The highest BCUT2D eigenvalue weighted by Crippen LogP contribution is 2.32. The standard InChI is InChI=1S/C25H22N2O3/c1-17-8-10-18(11-9-17)16-22-25(28)27(19-12-14-20(29-2)15-13-19)24(26-22)21-6-4-5-7-23(21)30-3/h4-16H,1-3H3/b22-16+. The van der Waals surface area contributed by atoms with E-state index in [9.17, 15) is 4.79 Å². The van der Waals surface area contributed by atoms with Gasteiger partial charge in [-0.1, -0.05) is 42.0 Å². The Morgan fingerprint density at radius 1 is 0.867 bits per heavy atom. The monoisotopic (exact) mass is 398 g/mol. The first-order valence-electron chi connectivity index (χ1n) is 9.59. The van der Waals surface area contributed by atoms with Crippen molar-refractivity contribution in [3.8, 4) is 11.5 Å². The molecule has 0 spiro atoms. The molecule has 4 rings (SSSR count). The van der Waals surface area contributed by atoms with Crippen LogP contribution in [0.4, 0.5) is 5.69 Å². The summed E-state index contributed by atoms with van der Waals surface area (Å²) in [6.07, 6.45) is 1.81. The van der Waals surface area contributed by atoms with Crippen molar-refractivity contribution in [1.29, 1.82) is 0 Å². The second-order valence-corrected chi connectivity index (χ2v) is 6.91. The fourth-order valence-corrected chi connectivity index (χ4v) is 3.32. The van der Waals surface area contributed by atoms with Gasteiger partial charge in [0.05, 0.1) is 25.5 Å². The molecule has 0 N–H and O–H groups in total. The average molecular weight is 398 g/mol. The number of carbonyl (C=O) groups is 1. The van der Waals surface area contributed by atoms with E-state index in [2.05, 4.69) is 0 Å². The summed E-state index contributed by atoms with van der Waals surface area (Å²) >= 11 is 0. The normalized spacial score (nSPS) is 14.8. The number of aliphatic imine (C=N–C) groups is 1. The maximum absolute atomic E-state index is 13.4. The van der Waals surface area contributed by atoms with E-state index in [1.54, 1.807) is 25.2 Å². The minimum absolute atomic E-state index is 0.193. The van der Waals surface area contributed by atoms with Gasteiger partial charge in [0.25, 0.3) is 5.91 Å². The van der Waals surface area contributed by atoms with E-state index in [0.717, 1.165) is 22.4 Å². The van der Waals surface area contributed by atoms with Crippen LogP contribution in [0.15, 0.2) is 83.5 Å². The first kappa shape index (κ1) is 19.5. The minimum Gasteiger partial charge on any atom is -0.497 e. The van der Waals surface area contributed by atoms with E-state index < -0.39 is 0 Å². The number of para-hydroxylation sites is 1. The molecular weight excluding hydrogens is 376 g/mol.